The van der Waals surface area contributed by atoms with E-state index >= 15 is 0 Å². The number of carbonyl (C=O) groups is 2. The van der Waals surface area contributed by atoms with Gasteiger partial charge in [-0.3, -0.25) is 9.59 Å². The lowest BCUT2D eigenvalue weighted by molar-refractivity contribution is -0.115. The molecule has 0 saturated carbocycles. The molecule has 4 rings (SSSR count). The zero-order valence-corrected chi connectivity index (χ0v) is 18.9. The number of pyridine rings is 1. The third kappa shape index (κ3) is 4.98. The third-order valence-corrected chi connectivity index (χ3v) is 5.12. The van der Waals surface area contributed by atoms with Gasteiger partial charge in [0.05, 0.1) is 6.42 Å². The maximum atomic E-state index is 12.6. The summed E-state index contributed by atoms with van der Waals surface area (Å²) < 4.78 is 5.27. The standard InChI is InChI=1S/C25H24N4O5/c1-25(2,3)20-13-21(29-34-20)28-22(32)11-14-7-9-15(10-8-14)26-24(33)17-12-19(31)16-5-4-6-18(30)23(16)27-17/h4-10,12-13,30H,11H2,1-3H3,(H,26,33)(H,27,31)(H,28,29,32). The molecular formula is C25H24N4O5. The van der Waals surface area contributed by atoms with E-state index in [0.717, 1.165) is 5.56 Å². The number of fused-ring (bicyclic) bond motifs is 1. The molecule has 0 unspecified atom stereocenters. The van der Waals surface area contributed by atoms with Gasteiger partial charge in [0.25, 0.3) is 5.91 Å². The van der Waals surface area contributed by atoms with E-state index in [0.29, 0.717) is 22.7 Å². The predicted octanol–water partition coefficient (Wildman–Crippen LogP) is 4.37. The van der Waals surface area contributed by atoms with Crippen molar-refractivity contribution in [2.45, 2.75) is 32.6 Å². The Kier molecular flexibility index (Phi) is 5.93. The summed E-state index contributed by atoms with van der Waals surface area (Å²) in [5.41, 5.74) is 1.10. The molecule has 0 spiro atoms. The topological polar surface area (TPSA) is 138 Å². The van der Waals surface area contributed by atoms with Crippen molar-refractivity contribution in [2.75, 3.05) is 10.6 Å². The monoisotopic (exact) mass is 460 g/mol. The van der Waals surface area contributed by atoms with Crippen LogP contribution in [0.25, 0.3) is 10.9 Å². The van der Waals surface area contributed by atoms with Crippen LogP contribution in [0, 0.1) is 0 Å². The zero-order chi connectivity index (χ0) is 24.5. The number of nitrogens with one attached hydrogen (secondary N) is 2. The fourth-order valence-corrected chi connectivity index (χ4v) is 3.29. The summed E-state index contributed by atoms with van der Waals surface area (Å²) in [5.74, 6) is -0.0596. The van der Waals surface area contributed by atoms with Crippen LogP contribution in [-0.2, 0) is 16.6 Å². The number of rotatable bonds is 5. The molecule has 2 heterocycles. The number of para-hydroxylation sites is 1. The summed E-state index contributed by atoms with van der Waals surface area (Å²) in [6, 6.07) is 14.3. The molecule has 9 nitrogen and oxygen atoms in total. The molecule has 0 radical (unpaired) electrons. The summed E-state index contributed by atoms with van der Waals surface area (Å²) in [6.07, 6.45) is 0.116. The number of nitrogens with zero attached hydrogens (tertiary/aromatic N) is 2. The van der Waals surface area contributed by atoms with Gasteiger partial charge in [0, 0.05) is 28.6 Å². The van der Waals surface area contributed by atoms with Crippen molar-refractivity contribution in [3.8, 4) is 11.5 Å². The number of benzene rings is 2. The minimum Gasteiger partial charge on any atom is -0.507 e. The number of phenols is 1. The van der Waals surface area contributed by atoms with Crippen LogP contribution in [0.4, 0.5) is 11.5 Å². The number of anilines is 2. The van der Waals surface area contributed by atoms with Gasteiger partial charge in [-0.2, -0.15) is 0 Å². The number of aromatic hydroxyl groups is 2. The van der Waals surface area contributed by atoms with Gasteiger partial charge in [0.15, 0.2) is 5.82 Å². The molecule has 0 aliphatic heterocycles. The van der Waals surface area contributed by atoms with Crippen LogP contribution in [0.2, 0.25) is 0 Å². The first-order chi connectivity index (χ1) is 16.1. The zero-order valence-electron chi connectivity index (χ0n) is 18.9. The highest BCUT2D eigenvalue weighted by Crippen LogP contribution is 2.30. The normalized spacial score (nSPS) is 11.4. The highest BCUT2D eigenvalue weighted by atomic mass is 16.5. The molecule has 0 aliphatic rings. The molecule has 0 saturated heterocycles. The molecule has 2 aromatic heterocycles. The summed E-state index contributed by atoms with van der Waals surface area (Å²) in [7, 11) is 0. The van der Waals surface area contributed by atoms with Gasteiger partial charge >= 0.3 is 0 Å². The second-order valence-corrected chi connectivity index (χ2v) is 8.90. The molecule has 2 amide bonds. The Hall–Kier alpha value is -4.40. The molecule has 2 aromatic carbocycles. The van der Waals surface area contributed by atoms with E-state index in [1.807, 2.05) is 20.8 Å². The predicted molar refractivity (Wildman–Crippen MR) is 127 cm³/mol. The molecule has 4 N–H and O–H groups in total. The summed E-state index contributed by atoms with van der Waals surface area (Å²) in [4.78, 5) is 29.1. The summed E-state index contributed by atoms with van der Waals surface area (Å²) >= 11 is 0. The Morgan fingerprint density at radius 2 is 1.71 bits per heavy atom. The molecule has 0 atom stereocenters. The van der Waals surface area contributed by atoms with Gasteiger partial charge in [0.2, 0.25) is 5.91 Å². The smallest absolute Gasteiger partial charge is 0.274 e. The van der Waals surface area contributed by atoms with Crippen molar-refractivity contribution >= 4 is 34.2 Å². The molecule has 9 heteroatoms. The average Bonchev–Trinajstić information content (AvgIpc) is 3.24. The first-order valence-electron chi connectivity index (χ1n) is 10.6. The van der Waals surface area contributed by atoms with Crippen LogP contribution in [0.1, 0.15) is 42.6 Å². The first kappa shape index (κ1) is 22.8. The molecular weight excluding hydrogens is 436 g/mol. The second-order valence-electron chi connectivity index (χ2n) is 8.90. The Bertz CT molecular complexity index is 1370. The lowest BCUT2D eigenvalue weighted by Crippen LogP contribution is -2.15. The maximum absolute atomic E-state index is 12.6. The summed E-state index contributed by atoms with van der Waals surface area (Å²) in [5, 5.41) is 29.8. The average molecular weight is 460 g/mol. The van der Waals surface area contributed by atoms with Crippen molar-refractivity contribution in [3.05, 3.63) is 71.6 Å². The Morgan fingerprint density at radius 3 is 2.38 bits per heavy atom. The molecule has 174 valence electrons. The maximum Gasteiger partial charge on any atom is 0.274 e. The fraction of sp³-hybridized carbons (Fsp3) is 0.200. The van der Waals surface area contributed by atoms with Crippen LogP contribution < -0.4 is 10.6 Å². The van der Waals surface area contributed by atoms with Gasteiger partial charge in [-0.05, 0) is 29.8 Å². The van der Waals surface area contributed by atoms with E-state index < -0.39 is 5.91 Å². The van der Waals surface area contributed by atoms with Crippen LogP contribution >= 0.6 is 0 Å². The van der Waals surface area contributed by atoms with Gasteiger partial charge in [-0.1, -0.05) is 44.1 Å². The quantitative estimate of drug-likeness (QED) is 0.347. The van der Waals surface area contributed by atoms with Gasteiger partial charge in [-0.25, -0.2) is 4.98 Å². The summed E-state index contributed by atoms with van der Waals surface area (Å²) in [6.45, 7) is 5.96. The second kappa shape index (κ2) is 8.86. The van der Waals surface area contributed by atoms with E-state index in [1.165, 1.54) is 12.1 Å². The number of hydrogen-bond donors (Lipinski definition) is 4. The van der Waals surface area contributed by atoms with Crippen molar-refractivity contribution in [3.63, 3.8) is 0 Å². The van der Waals surface area contributed by atoms with Crippen LogP contribution in [0.15, 0.2) is 59.1 Å². The van der Waals surface area contributed by atoms with Crippen LogP contribution in [-0.4, -0.2) is 32.2 Å². The van der Waals surface area contributed by atoms with Crippen molar-refractivity contribution in [1.29, 1.82) is 0 Å². The molecule has 0 bridgehead atoms. The molecule has 0 aliphatic carbocycles. The molecule has 0 fully saturated rings. The van der Waals surface area contributed by atoms with Gasteiger partial charge in [0.1, 0.15) is 28.5 Å². The number of amides is 2. The first-order valence-corrected chi connectivity index (χ1v) is 10.6. The lowest BCUT2D eigenvalue weighted by Gasteiger charge is -2.12. The highest BCUT2D eigenvalue weighted by molar-refractivity contribution is 6.05. The van der Waals surface area contributed by atoms with Crippen molar-refractivity contribution in [1.82, 2.24) is 10.1 Å². The Labute approximate surface area is 195 Å². The van der Waals surface area contributed by atoms with E-state index in [9.17, 15) is 19.8 Å². The SMILES string of the molecule is CC(C)(C)c1cc(NC(=O)Cc2ccc(NC(=O)c3cc(O)c4cccc(O)c4n3)cc2)no1. The van der Waals surface area contributed by atoms with E-state index in [-0.39, 0.29) is 40.5 Å². The minimum absolute atomic E-state index is 0.0443. The number of phenolic OH excluding ortho intramolecular Hbond substituents is 1. The number of hydrogen-bond acceptors (Lipinski definition) is 7. The number of aromatic nitrogens is 2. The van der Waals surface area contributed by atoms with Crippen LogP contribution in [0.3, 0.4) is 0 Å². The van der Waals surface area contributed by atoms with Crippen molar-refractivity contribution < 1.29 is 24.3 Å². The lowest BCUT2D eigenvalue weighted by atomic mass is 9.93. The van der Waals surface area contributed by atoms with E-state index in [1.54, 1.807) is 42.5 Å². The third-order valence-electron chi connectivity index (χ3n) is 5.12. The largest absolute Gasteiger partial charge is 0.507 e. The minimum atomic E-state index is -0.549. The molecule has 4 aromatic rings. The fourth-order valence-electron chi connectivity index (χ4n) is 3.29. The highest BCUT2D eigenvalue weighted by Gasteiger charge is 2.20. The van der Waals surface area contributed by atoms with Gasteiger partial charge in [-0.15, -0.1) is 0 Å². The molecule has 34 heavy (non-hydrogen) atoms. The van der Waals surface area contributed by atoms with E-state index in [2.05, 4.69) is 20.8 Å². The number of carbonyl (C=O) groups excluding carboxylic acids is 2. The Balaban J connectivity index is 1.39. The van der Waals surface area contributed by atoms with E-state index in [4.69, 9.17) is 4.52 Å². The van der Waals surface area contributed by atoms with Crippen LogP contribution in [0.5, 0.6) is 11.5 Å². The van der Waals surface area contributed by atoms with Crippen molar-refractivity contribution in [2.24, 2.45) is 0 Å². The Morgan fingerprint density at radius 1 is 0.971 bits per heavy atom. The van der Waals surface area contributed by atoms with Gasteiger partial charge < -0.3 is 25.4 Å².